The van der Waals surface area contributed by atoms with E-state index >= 15 is 0 Å². The first-order chi connectivity index (χ1) is 16.2. The van der Waals surface area contributed by atoms with Gasteiger partial charge < -0.3 is 5.32 Å². The predicted octanol–water partition coefficient (Wildman–Crippen LogP) is 3.51. The van der Waals surface area contributed by atoms with E-state index in [1.54, 1.807) is 5.38 Å². The first-order valence-corrected chi connectivity index (χ1v) is 12.3. The van der Waals surface area contributed by atoms with Crippen molar-refractivity contribution in [1.82, 2.24) is 14.8 Å². The predicted molar refractivity (Wildman–Crippen MR) is 127 cm³/mol. The van der Waals surface area contributed by atoms with Crippen molar-refractivity contribution in [3.63, 3.8) is 0 Å². The zero-order valence-corrected chi connectivity index (χ0v) is 19.3. The van der Waals surface area contributed by atoms with Crippen molar-refractivity contribution in [2.75, 3.05) is 10.0 Å². The van der Waals surface area contributed by atoms with Crippen LogP contribution in [0.3, 0.4) is 0 Å². The molecule has 0 aliphatic carbocycles. The average Bonchev–Trinajstić information content (AvgIpc) is 3.32. The van der Waals surface area contributed by atoms with Crippen molar-refractivity contribution in [3.8, 4) is 11.3 Å². The third-order valence-corrected chi connectivity index (χ3v) is 6.97. The maximum Gasteiger partial charge on any atom is 0.267 e. The smallest absolute Gasteiger partial charge is 0.267 e. The molecule has 2 aromatic carbocycles. The average molecular weight is 500 g/mol. The molecular formula is C22H18FN5O4S2. The molecule has 0 radical (unpaired) electrons. The van der Waals surface area contributed by atoms with E-state index in [4.69, 9.17) is 0 Å². The quantitative estimate of drug-likeness (QED) is 0.401. The summed E-state index contributed by atoms with van der Waals surface area (Å²) in [5.41, 5.74) is 0.850. The molecule has 0 aliphatic heterocycles. The van der Waals surface area contributed by atoms with E-state index in [2.05, 4.69) is 20.1 Å². The van der Waals surface area contributed by atoms with Gasteiger partial charge in [0.2, 0.25) is 5.91 Å². The molecule has 0 saturated carbocycles. The fourth-order valence-electron chi connectivity index (χ4n) is 3.00. The second-order valence-electron chi connectivity index (χ2n) is 7.14. The summed E-state index contributed by atoms with van der Waals surface area (Å²) in [6.45, 7) is 1.51. The number of sulfonamides is 1. The maximum absolute atomic E-state index is 13.2. The molecule has 4 aromatic rings. The molecule has 9 nitrogen and oxygen atoms in total. The largest absolute Gasteiger partial charge is 0.324 e. The number of rotatable bonds is 7. The van der Waals surface area contributed by atoms with Gasteiger partial charge in [-0.2, -0.15) is 5.10 Å². The van der Waals surface area contributed by atoms with Crippen LogP contribution in [0.25, 0.3) is 11.3 Å². The van der Waals surface area contributed by atoms with Gasteiger partial charge in [0, 0.05) is 28.9 Å². The summed E-state index contributed by atoms with van der Waals surface area (Å²) in [6, 6.07) is 13.0. The Bertz CT molecular complexity index is 1470. The molecule has 1 atom stereocenters. The summed E-state index contributed by atoms with van der Waals surface area (Å²) in [7, 11) is -3.82. The molecular weight excluding hydrogens is 481 g/mol. The van der Waals surface area contributed by atoms with Gasteiger partial charge >= 0.3 is 0 Å². The Hall–Kier alpha value is -3.90. The second kappa shape index (κ2) is 9.53. The Morgan fingerprint density at radius 1 is 1.06 bits per heavy atom. The van der Waals surface area contributed by atoms with Crippen molar-refractivity contribution < 1.29 is 17.6 Å². The van der Waals surface area contributed by atoms with Crippen LogP contribution >= 0.6 is 11.3 Å². The summed E-state index contributed by atoms with van der Waals surface area (Å²) >= 11 is 1.15. The Kier molecular flexibility index (Phi) is 6.52. The van der Waals surface area contributed by atoms with E-state index in [1.165, 1.54) is 73.8 Å². The van der Waals surface area contributed by atoms with Crippen LogP contribution in [-0.4, -0.2) is 29.1 Å². The van der Waals surface area contributed by atoms with Gasteiger partial charge in [-0.25, -0.2) is 22.5 Å². The summed E-state index contributed by atoms with van der Waals surface area (Å²) in [5, 5.41) is 8.78. The number of aromatic nitrogens is 3. The van der Waals surface area contributed by atoms with Crippen LogP contribution in [0.15, 0.2) is 81.9 Å². The Morgan fingerprint density at radius 2 is 1.76 bits per heavy atom. The minimum Gasteiger partial charge on any atom is -0.324 e. The molecule has 174 valence electrons. The lowest BCUT2D eigenvalue weighted by Gasteiger charge is -2.15. The van der Waals surface area contributed by atoms with Crippen molar-refractivity contribution in [1.29, 1.82) is 0 Å². The molecule has 0 aliphatic rings. The minimum atomic E-state index is -3.82. The second-order valence-corrected chi connectivity index (χ2v) is 9.72. The van der Waals surface area contributed by atoms with Gasteiger partial charge in [-0.1, -0.05) is 0 Å². The van der Waals surface area contributed by atoms with Crippen LogP contribution in [0.4, 0.5) is 15.2 Å². The number of nitrogens with one attached hydrogen (secondary N) is 2. The summed E-state index contributed by atoms with van der Waals surface area (Å²) in [4.78, 5) is 29.0. The van der Waals surface area contributed by atoms with Crippen LogP contribution in [0.1, 0.15) is 13.0 Å². The molecule has 2 N–H and O–H groups in total. The summed E-state index contributed by atoms with van der Waals surface area (Å²) in [5.74, 6) is -0.926. The number of thiazole rings is 1. The number of carbonyl (C=O) groups excluding carboxylic acids is 1. The van der Waals surface area contributed by atoms with Crippen molar-refractivity contribution in [2.24, 2.45) is 0 Å². The lowest BCUT2D eigenvalue weighted by molar-refractivity contribution is -0.119. The standard InChI is InChI=1S/C22H18FN5O4S2/c1-14(28-20(29)11-10-19(26-28)15-2-4-16(23)5-3-15)21(30)25-17-6-8-18(9-7-17)34(31,32)27-22-24-12-13-33-22/h2-14H,1H3,(H,24,27)(H,25,30)/t14-/m0/s1. The number of carbonyl (C=O) groups is 1. The fourth-order valence-corrected chi connectivity index (χ4v) is 4.79. The number of halogens is 1. The van der Waals surface area contributed by atoms with Crippen LogP contribution in [0.2, 0.25) is 0 Å². The van der Waals surface area contributed by atoms with Crippen molar-refractivity contribution >= 4 is 38.1 Å². The number of nitrogens with zero attached hydrogens (tertiary/aromatic N) is 3. The lowest BCUT2D eigenvalue weighted by Crippen LogP contribution is -2.33. The van der Waals surface area contributed by atoms with Crippen molar-refractivity contribution in [2.45, 2.75) is 17.9 Å². The van der Waals surface area contributed by atoms with Gasteiger partial charge in [0.1, 0.15) is 11.9 Å². The third kappa shape index (κ3) is 5.18. The molecule has 0 unspecified atom stereocenters. The van der Waals surface area contributed by atoms with E-state index in [0.717, 1.165) is 16.0 Å². The van der Waals surface area contributed by atoms with Crippen LogP contribution in [0.5, 0.6) is 0 Å². The van der Waals surface area contributed by atoms with Gasteiger partial charge in [-0.3, -0.25) is 14.3 Å². The van der Waals surface area contributed by atoms with Crippen LogP contribution < -0.4 is 15.6 Å². The molecule has 12 heteroatoms. The fraction of sp³-hybridized carbons (Fsp3) is 0.0909. The zero-order valence-electron chi connectivity index (χ0n) is 17.7. The van der Waals surface area contributed by atoms with Gasteiger partial charge in [0.25, 0.3) is 15.6 Å². The number of benzene rings is 2. The molecule has 2 aromatic heterocycles. The lowest BCUT2D eigenvalue weighted by atomic mass is 10.1. The van der Waals surface area contributed by atoms with E-state index in [0.29, 0.717) is 16.9 Å². The number of amides is 1. The topological polar surface area (TPSA) is 123 Å². The molecule has 0 spiro atoms. The SMILES string of the molecule is C[C@@H](C(=O)Nc1ccc(S(=O)(=O)Nc2nccs2)cc1)n1nc(-c2ccc(F)cc2)ccc1=O. The van der Waals surface area contributed by atoms with Gasteiger partial charge in [-0.15, -0.1) is 11.3 Å². The molecule has 0 saturated heterocycles. The Labute approximate surface area is 198 Å². The van der Waals surface area contributed by atoms with E-state index in [9.17, 15) is 22.4 Å². The molecule has 1 amide bonds. The molecule has 0 bridgehead atoms. The Balaban J connectivity index is 1.49. The normalized spacial score (nSPS) is 12.2. The van der Waals surface area contributed by atoms with E-state index in [-0.39, 0.29) is 10.0 Å². The highest BCUT2D eigenvalue weighted by atomic mass is 32.2. The van der Waals surface area contributed by atoms with Gasteiger partial charge in [0.15, 0.2) is 5.13 Å². The van der Waals surface area contributed by atoms with Gasteiger partial charge in [0.05, 0.1) is 10.6 Å². The van der Waals surface area contributed by atoms with E-state index in [1.807, 2.05) is 0 Å². The summed E-state index contributed by atoms with van der Waals surface area (Å²) < 4.78 is 41.5. The Morgan fingerprint density at radius 3 is 2.41 bits per heavy atom. The van der Waals surface area contributed by atoms with Gasteiger partial charge in [-0.05, 0) is 61.5 Å². The van der Waals surface area contributed by atoms with Crippen molar-refractivity contribution in [3.05, 3.63) is 88.4 Å². The minimum absolute atomic E-state index is 0.00127. The third-order valence-electron chi connectivity index (χ3n) is 4.80. The number of hydrogen-bond acceptors (Lipinski definition) is 7. The molecule has 2 heterocycles. The first kappa shape index (κ1) is 23.3. The van der Waals surface area contributed by atoms with E-state index < -0.39 is 33.3 Å². The zero-order chi connectivity index (χ0) is 24.3. The van der Waals surface area contributed by atoms with Crippen LogP contribution in [-0.2, 0) is 14.8 Å². The first-order valence-electron chi connectivity index (χ1n) is 9.92. The van der Waals surface area contributed by atoms with Crippen LogP contribution in [0, 0.1) is 5.82 Å². The molecule has 0 fully saturated rings. The monoisotopic (exact) mass is 499 g/mol. The highest BCUT2D eigenvalue weighted by Gasteiger charge is 2.20. The maximum atomic E-state index is 13.2. The highest BCUT2D eigenvalue weighted by molar-refractivity contribution is 7.93. The number of hydrogen-bond donors (Lipinski definition) is 2. The molecule has 34 heavy (non-hydrogen) atoms. The molecule has 4 rings (SSSR count). The number of anilines is 2. The summed E-state index contributed by atoms with van der Waals surface area (Å²) in [6.07, 6.45) is 1.48. The highest BCUT2D eigenvalue weighted by Crippen LogP contribution is 2.21.